The molecule has 1 amide bonds. The fourth-order valence-corrected chi connectivity index (χ4v) is 4.14. The first-order valence-corrected chi connectivity index (χ1v) is 8.76. The third kappa shape index (κ3) is 3.06. The number of likely N-dealkylation sites (tertiary alicyclic amines) is 1. The van der Waals surface area contributed by atoms with Crippen molar-refractivity contribution >= 4 is 5.91 Å². The van der Waals surface area contributed by atoms with Crippen LogP contribution < -0.4 is 9.47 Å². The van der Waals surface area contributed by atoms with E-state index in [1.807, 2.05) is 29.2 Å². The average Bonchev–Trinajstić information content (AvgIpc) is 3.28. The summed E-state index contributed by atoms with van der Waals surface area (Å²) in [7, 11) is 1.64. The molecule has 1 aliphatic heterocycles. The third-order valence-electron chi connectivity index (χ3n) is 5.36. The predicted octanol–water partition coefficient (Wildman–Crippen LogP) is 3.16. The van der Waals surface area contributed by atoms with Crippen LogP contribution in [0.5, 0.6) is 11.5 Å². The molecule has 2 heterocycles. The molecule has 25 heavy (non-hydrogen) atoms. The number of aromatic nitrogens is 1. The molecular weight excluding hydrogens is 316 g/mol. The number of rotatable bonds is 5. The summed E-state index contributed by atoms with van der Waals surface area (Å²) in [5, 5.41) is 0. The predicted molar refractivity (Wildman–Crippen MR) is 93.8 cm³/mol. The number of nitrogens with zero attached hydrogens (tertiary/aromatic N) is 2. The van der Waals surface area contributed by atoms with Gasteiger partial charge in [0.05, 0.1) is 13.2 Å². The first kappa shape index (κ1) is 15.9. The van der Waals surface area contributed by atoms with E-state index >= 15 is 0 Å². The number of ether oxygens (including phenoxy) is 2. The molecule has 1 aromatic heterocycles. The molecule has 1 saturated carbocycles. The number of hydrogen-bond donors (Lipinski definition) is 0. The van der Waals surface area contributed by atoms with Gasteiger partial charge >= 0.3 is 0 Å². The number of fused-ring (bicyclic) bond motifs is 2. The Morgan fingerprint density at radius 2 is 2.00 bits per heavy atom. The zero-order valence-electron chi connectivity index (χ0n) is 14.3. The molecule has 4 rings (SSSR count). The second-order valence-electron chi connectivity index (χ2n) is 6.73. The molecule has 5 heteroatoms. The minimum atomic E-state index is 0.0915. The van der Waals surface area contributed by atoms with Crippen LogP contribution in [0.1, 0.15) is 29.6 Å². The number of benzene rings is 1. The minimum absolute atomic E-state index is 0.0915. The lowest BCUT2D eigenvalue weighted by molar-refractivity contribution is 0.0505. The van der Waals surface area contributed by atoms with E-state index in [-0.39, 0.29) is 11.9 Å². The van der Waals surface area contributed by atoms with Crippen molar-refractivity contribution in [1.29, 1.82) is 0 Å². The highest BCUT2D eigenvalue weighted by molar-refractivity contribution is 5.94. The maximum Gasteiger partial charge on any atom is 0.254 e. The second kappa shape index (κ2) is 6.75. The van der Waals surface area contributed by atoms with Crippen molar-refractivity contribution < 1.29 is 14.3 Å². The molecule has 0 radical (unpaired) electrons. The lowest BCUT2D eigenvalue weighted by Crippen LogP contribution is -2.47. The standard InChI is InChI=1S/C20H22N2O3/c1-24-17-3-2-4-18(12-17)25-13-19-15-5-6-16(11-15)22(19)20(23)14-7-9-21-10-8-14/h2-4,7-10,12,15-16,19H,5-6,11,13H2,1H3/t15-,16+,19-/m1/s1. The summed E-state index contributed by atoms with van der Waals surface area (Å²) in [5.74, 6) is 2.17. The van der Waals surface area contributed by atoms with E-state index in [2.05, 4.69) is 4.98 Å². The van der Waals surface area contributed by atoms with Crippen LogP contribution in [0.4, 0.5) is 0 Å². The molecule has 130 valence electrons. The molecule has 0 unspecified atom stereocenters. The van der Waals surface area contributed by atoms with Crippen LogP contribution in [-0.2, 0) is 0 Å². The molecule has 1 aliphatic carbocycles. The van der Waals surface area contributed by atoms with Crippen molar-refractivity contribution in [2.45, 2.75) is 31.3 Å². The fraction of sp³-hybridized carbons (Fsp3) is 0.400. The van der Waals surface area contributed by atoms with E-state index in [9.17, 15) is 4.79 Å². The number of amides is 1. The highest BCUT2D eigenvalue weighted by Gasteiger charge is 2.48. The molecule has 0 spiro atoms. The first-order valence-electron chi connectivity index (χ1n) is 8.76. The van der Waals surface area contributed by atoms with Gasteiger partial charge in [-0.25, -0.2) is 0 Å². The van der Waals surface area contributed by atoms with E-state index < -0.39 is 0 Å². The van der Waals surface area contributed by atoms with Gasteiger partial charge in [-0.15, -0.1) is 0 Å². The van der Waals surface area contributed by atoms with Crippen molar-refractivity contribution in [1.82, 2.24) is 9.88 Å². The van der Waals surface area contributed by atoms with E-state index in [4.69, 9.17) is 9.47 Å². The van der Waals surface area contributed by atoms with Crippen LogP contribution >= 0.6 is 0 Å². The van der Waals surface area contributed by atoms with Crippen LogP contribution in [0.3, 0.4) is 0 Å². The lowest BCUT2D eigenvalue weighted by atomic mass is 9.98. The molecule has 2 fully saturated rings. The van der Waals surface area contributed by atoms with E-state index in [0.29, 0.717) is 24.1 Å². The Hall–Kier alpha value is -2.56. The Morgan fingerprint density at radius 1 is 1.20 bits per heavy atom. The Labute approximate surface area is 147 Å². The van der Waals surface area contributed by atoms with Gasteiger partial charge in [-0.05, 0) is 49.4 Å². The number of carbonyl (C=O) groups excluding carboxylic acids is 1. The second-order valence-corrected chi connectivity index (χ2v) is 6.73. The first-order chi connectivity index (χ1) is 12.3. The monoisotopic (exact) mass is 338 g/mol. The Kier molecular flexibility index (Phi) is 4.30. The highest BCUT2D eigenvalue weighted by Crippen LogP contribution is 2.43. The molecule has 3 atom stereocenters. The molecule has 1 aromatic carbocycles. The molecule has 1 saturated heterocycles. The summed E-state index contributed by atoms with van der Waals surface area (Å²) in [6, 6.07) is 11.6. The van der Waals surface area contributed by atoms with E-state index in [0.717, 1.165) is 24.3 Å². The molecule has 2 bridgehead atoms. The summed E-state index contributed by atoms with van der Waals surface area (Å²) in [6.07, 6.45) is 6.70. The summed E-state index contributed by atoms with van der Waals surface area (Å²) >= 11 is 0. The minimum Gasteiger partial charge on any atom is -0.497 e. The van der Waals surface area contributed by atoms with Gasteiger partial charge in [0.1, 0.15) is 18.1 Å². The van der Waals surface area contributed by atoms with Crippen molar-refractivity contribution in [2.75, 3.05) is 13.7 Å². The van der Waals surface area contributed by atoms with Crippen molar-refractivity contribution in [2.24, 2.45) is 5.92 Å². The third-order valence-corrected chi connectivity index (χ3v) is 5.36. The summed E-state index contributed by atoms with van der Waals surface area (Å²) in [5.41, 5.74) is 0.703. The highest BCUT2D eigenvalue weighted by atomic mass is 16.5. The van der Waals surface area contributed by atoms with Gasteiger partial charge in [-0.2, -0.15) is 0 Å². The fourth-order valence-electron chi connectivity index (χ4n) is 4.14. The SMILES string of the molecule is COc1cccc(OC[C@@H]2[C@@H]3CC[C@@H](C3)N2C(=O)c2ccncc2)c1. The van der Waals surface area contributed by atoms with Crippen LogP contribution in [0.25, 0.3) is 0 Å². The lowest BCUT2D eigenvalue weighted by Gasteiger charge is -2.35. The van der Waals surface area contributed by atoms with Crippen LogP contribution in [0.2, 0.25) is 0 Å². The van der Waals surface area contributed by atoms with Crippen LogP contribution in [0, 0.1) is 5.92 Å². The maximum atomic E-state index is 13.0. The van der Waals surface area contributed by atoms with Gasteiger partial charge in [0.25, 0.3) is 5.91 Å². The Bertz CT molecular complexity index is 750. The molecule has 2 aromatic rings. The molecule has 0 N–H and O–H groups in total. The molecule has 2 aliphatic rings. The van der Waals surface area contributed by atoms with Gasteiger partial charge in [0.15, 0.2) is 0 Å². The van der Waals surface area contributed by atoms with Gasteiger partial charge < -0.3 is 14.4 Å². The number of pyridine rings is 1. The summed E-state index contributed by atoms with van der Waals surface area (Å²) < 4.78 is 11.3. The van der Waals surface area contributed by atoms with Crippen molar-refractivity contribution in [3.05, 3.63) is 54.4 Å². The topological polar surface area (TPSA) is 51.7 Å². The van der Waals surface area contributed by atoms with Gasteiger partial charge in [0.2, 0.25) is 0 Å². The van der Waals surface area contributed by atoms with Gasteiger partial charge in [-0.1, -0.05) is 6.07 Å². The number of hydrogen-bond acceptors (Lipinski definition) is 4. The quantitative estimate of drug-likeness (QED) is 0.840. The maximum absolute atomic E-state index is 13.0. The van der Waals surface area contributed by atoms with E-state index in [1.165, 1.54) is 6.42 Å². The summed E-state index contributed by atoms with van der Waals surface area (Å²) in [6.45, 7) is 0.519. The number of methoxy groups -OCH3 is 1. The van der Waals surface area contributed by atoms with Crippen LogP contribution in [-0.4, -0.2) is 41.6 Å². The Balaban J connectivity index is 1.50. The van der Waals surface area contributed by atoms with Gasteiger partial charge in [0, 0.05) is 30.1 Å². The summed E-state index contributed by atoms with van der Waals surface area (Å²) in [4.78, 5) is 19.0. The van der Waals surface area contributed by atoms with Gasteiger partial charge in [-0.3, -0.25) is 9.78 Å². The largest absolute Gasteiger partial charge is 0.497 e. The smallest absolute Gasteiger partial charge is 0.254 e. The zero-order valence-corrected chi connectivity index (χ0v) is 14.3. The van der Waals surface area contributed by atoms with E-state index in [1.54, 1.807) is 31.6 Å². The normalized spacial score (nSPS) is 24.4. The average molecular weight is 338 g/mol. The van der Waals surface area contributed by atoms with Crippen molar-refractivity contribution in [3.8, 4) is 11.5 Å². The number of carbonyl (C=O) groups is 1. The molecular formula is C20H22N2O3. The molecule has 5 nitrogen and oxygen atoms in total. The Morgan fingerprint density at radius 3 is 2.80 bits per heavy atom. The zero-order chi connectivity index (χ0) is 17.2. The van der Waals surface area contributed by atoms with Crippen molar-refractivity contribution in [3.63, 3.8) is 0 Å². The van der Waals surface area contributed by atoms with Crippen LogP contribution in [0.15, 0.2) is 48.8 Å². The number of piperidine rings is 1.